The highest BCUT2D eigenvalue weighted by molar-refractivity contribution is 5.56. The zero-order valence-electron chi connectivity index (χ0n) is 9.41. The fourth-order valence-corrected chi connectivity index (χ4v) is 2.70. The Balaban J connectivity index is 2.19. The van der Waals surface area contributed by atoms with Gasteiger partial charge in [-0.25, -0.2) is 4.79 Å². The summed E-state index contributed by atoms with van der Waals surface area (Å²) < 4.78 is 0. The van der Waals surface area contributed by atoms with Gasteiger partial charge in [-0.3, -0.25) is 0 Å². The van der Waals surface area contributed by atoms with Gasteiger partial charge in [0.2, 0.25) is 0 Å². The summed E-state index contributed by atoms with van der Waals surface area (Å²) in [5.41, 5.74) is -0.166. The predicted molar refractivity (Wildman–Crippen MR) is 54.4 cm³/mol. The van der Waals surface area contributed by atoms with E-state index in [0.717, 1.165) is 19.5 Å². The summed E-state index contributed by atoms with van der Waals surface area (Å²) in [4.78, 5) is 15.5. The van der Waals surface area contributed by atoms with Crippen LogP contribution in [0.2, 0.25) is 0 Å². The van der Waals surface area contributed by atoms with Crippen LogP contribution in [0, 0.1) is 5.41 Å². The van der Waals surface area contributed by atoms with E-state index in [9.17, 15) is 4.79 Å². The van der Waals surface area contributed by atoms with Gasteiger partial charge in [0.25, 0.3) is 0 Å². The van der Waals surface area contributed by atoms with Crippen LogP contribution in [0.3, 0.4) is 0 Å². The van der Waals surface area contributed by atoms with Crippen LogP contribution in [-0.4, -0.2) is 41.0 Å². The molecule has 3 saturated heterocycles. The number of piperidine rings is 1. The second-order valence-corrected chi connectivity index (χ2v) is 5.45. The third-order valence-electron chi connectivity index (χ3n) is 3.70. The molecular formula is C10H18N2O3. The SMILES string of the molecule is CC(C)(C)C12CNCC(C1)N2OC(=O)O. The molecule has 86 valence electrons. The molecule has 0 spiro atoms. The Bertz CT molecular complexity index is 283. The Morgan fingerprint density at radius 3 is 2.73 bits per heavy atom. The lowest BCUT2D eigenvalue weighted by Crippen LogP contribution is -2.80. The van der Waals surface area contributed by atoms with E-state index in [4.69, 9.17) is 9.94 Å². The highest BCUT2D eigenvalue weighted by Gasteiger charge is 2.62. The van der Waals surface area contributed by atoms with Crippen LogP contribution in [0.4, 0.5) is 4.79 Å². The molecular weight excluding hydrogens is 196 g/mol. The van der Waals surface area contributed by atoms with Crippen molar-refractivity contribution in [3.8, 4) is 0 Å². The molecule has 5 heteroatoms. The Kier molecular flexibility index (Phi) is 2.20. The first kappa shape index (κ1) is 10.7. The molecule has 2 N–H and O–H groups in total. The van der Waals surface area contributed by atoms with Gasteiger partial charge in [-0.2, -0.15) is 0 Å². The van der Waals surface area contributed by atoms with Crippen LogP contribution < -0.4 is 5.32 Å². The summed E-state index contributed by atoms with van der Waals surface area (Å²) in [6.07, 6.45) is -0.202. The summed E-state index contributed by atoms with van der Waals surface area (Å²) >= 11 is 0. The van der Waals surface area contributed by atoms with Crippen molar-refractivity contribution >= 4 is 6.16 Å². The minimum atomic E-state index is -1.21. The molecule has 2 bridgehead atoms. The van der Waals surface area contributed by atoms with Crippen molar-refractivity contribution < 1.29 is 14.7 Å². The number of carbonyl (C=O) groups is 1. The van der Waals surface area contributed by atoms with E-state index in [2.05, 4.69) is 26.1 Å². The number of hydrogen-bond donors (Lipinski definition) is 2. The van der Waals surface area contributed by atoms with Crippen LogP contribution in [0.1, 0.15) is 27.2 Å². The third-order valence-corrected chi connectivity index (χ3v) is 3.70. The van der Waals surface area contributed by atoms with Gasteiger partial charge < -0.3 is 15.3 Å². The number of carboxylic acid groups (broad SMARTS) is 1. The zero-order chi connectivity index (χ0) is 11.3. The molecule has 2 unspecified atom stereocenters. The molecule has 0 radical (unpaired) electrons. The van der Waals surface area contributed by atoms with Crippen LogP contribution >= 0.6 is 0 Å². The van der Waals surface area contributed by atoms with Gasteiger partial charge in [-0.1, -0.05) is 20.8 Å². The zero-order valence-corrected chi connectivity index (χ0v) is 9.41. The summed E-state index contributed by atoms with van der Waals surface area (Å²) in [7, 11) is 0. The summed E-state index contributed by atoms with van der Waals surface area (Å²) in [5.74, 6) is 0. The number of nitrogens with one attached hydrogen (secondary N) is 1. The van der Waals surface area contributed by atoms with Crippen molar-refractivity contribution in [1.82, 2.24) is 10.4 Å². The van der Waals surface area contributed by atoms with Gasteiger partial charge >= 0.3 is 6.16 Å². The quantitative estimate of drug-likeness (QED) is 0.683. The average Bonchev–Trinajstić information content (AvgIpc) is 2.13. The monoisotopic (exact) mass is 214 g/mol. The molecule has 3 aliphatic rings. The van der Waals surface area contributed by atoms with Crippen molar-refractivity contribution in [2.75, 3.05) is 13.1 Å². The van der Waals surface area contributed by atoms with Crippen molar-refractivity contribution in [3.63, 3.8) is 0 Å². The molecule has 2 atom stereocenters. The van der Waals surface area contributed by atoms with E-state index in [1.807, 2.05) is 0 Å². The lowest BCUT2D eigenvalue weighted by atomic mass is 9.62. The van der Waals surface area contributed by atoms with Crippen LogP contribution in [0.5, 0.6) is 0 Å². The molecule has 3 heterocycles. The highest BCUT2D eigenvalue weighted by atomic mass is 16.8. The van der Waals surface area contributed by atoms with Crippen molar-refractivity contribution in [2.24, 2.45) is 5.41 Å². The smallest absolute Gasteiger partial charge is 0.448 e. The molecule has 0 aromatic carbocycles. The predicted octanol–water partition coefficient (Wildman–Crippen LogP) is 1.06. The maximum absolute atomic E-state index is 10.6. The van der Waals surface area contributed by atoms with Gasteiger partial charge in [-0.15, -0.1) is 5.06 Å². The first-order valence-corrected chi connectivity index (χ1v) is 5.28. The fraction of sp³-hybridized carbons (Fsp3) is 0.900. The number of fused-ring (bicyclic) bond motifs is 2. The molecule has 0 saturated carbocycles. The lowest BCUT2D eigenvalue weighted by molar-refractivity contribution is -0.317. The maximum Gasteiger partial charge on any atom is 0.525 e. The normalized spacial score (nSPS) is 35.8. The first-order valence-electron chi connectivity index (χ1n) is 5.28. The van der Waals surface area contributed by atoms with Gasteiger partial charge in [0.1, 0.15) is 0 Å². The number of nitrogens with zero attached hydrogens (tertiary/aromatic N) is 1. The van der Waals surface area contributed by atoms with E-state index in [1.54, 1.807) is 5.06 Å². The lowest BCUT2D eigenvalue weighted by Gasteiger charge is -2.64. The van der Waals surface area contributed by atoms with Crippen molar-refractivity contribution in [1.29, 1.82) is 0 Å². The Morgan fingerprint density at radius 2 is 2.27 bits per heavy atom. The molecule has 5 nitrogen and oxygen atoms in total. The van der Waals surface area contributed by atoms with E-state index < -0.39 is 6.16 Å². The van der Waals surface area contributed by atoms with E-state index in [-0.39, 0.29) is 17.0 Å². The second-order valence-electron chi connectivity index (χ2n) is 5.45. The van der Waals surface area contributed by atoms with Crippen LogP contribution in [-0.2, 0) is 4.84 Å². The Hall–Kier alpha value is -0.810. The number of rotatable bonds is 1. The van der Waals surface area contributed by atoms with Gasteiger partial charge in [0, 0.05) is 13.1 Å². The van der Waals surface area contributed by atoms with Gasteiger partial charge in [0.15, 0.2) is 0 Å². The van der Waals surface area contributed by atoms with E-state index in [0.29, 0.717) is 0 Å². The molecule has 0 aliphatic carbocycles. The Morgan fingerprint density at radius 1 is 1.60 bits per heavy atom. The fourth-order valence-electron chi connectivity index (χ4n) is 2.70. The minimum Gasteiger partial charge on any atom is -0.448 e. The second kappa shape index (κ2) is 3.09. The largest absolute Gasteiger partial charge is 0.525 e. The van der Waals surface area contributed by atoms with Crippen LogP contribution in [0.25, 0.3) is 0 Å². The molecule has 0 aromatic rings. The summed E-state index contributed by atoms with van der Waals surface area (Å²) in [5, 5.41) is 13.7. The van der Waals surface area contributed by atoms with Crippen LogP contribution in [0.15, 0.2) is 0 Å². The standard InChI is InChI=1S/C10H18N2O3/c1-9(2,3)10-4-7(5-11-6-10)12(10)15-8(13)14/h7,11H,4-6H2,1-3H3,(H,13,14). The van der Waals surface area contributed by atoms with Crippen molar-refractivity contribution in [3.05, 3.63) is 0 Å². The van der Waals surface area contributed by atoms with Crippen molar-refractivity contribution in [2.45, 2.75) is 38.8 Å². The molecule has 3 rings (SSSR count). The maximum atomic E-state index is 10.6. The number of piperazine rings is 1. The molecule has 0 amide bonds. The first-order chi connectivity index (χ1) is 6.87. The molecule has 3 aliphatic heterocycles. The van der Waals surface area contributed by atoms with E-state index >= 15 is 0 Å². The number of hydroxylamine groups is 2. The summed E-state index contributed by atoms with van der Waals surface area (Å²) in [6.45, 7) is 7.96. The molecule has 3 fully saturated rings. The number of hydrogen-bond acceptors (Lipinski definition) is 4. The molecule has 0 aromatic heterocycles. The van der Waals surface area contributed by atoms with E-state index in [1.165, 1.54) is 0 Å². The minimum absolute atomic E-state index is 0.00632. The van der Waals surface area contributed by atoms with Gasteiger partial charge in [-0.05, 0) is 11.8 Å². The highest BCUT2D eigenvalue weighted by Crippen LogP contribution is 2.50. The Labute approximate surface area is 89.3 Å². The third kappa shape index (κ3) is 1.41. The topological polar surface area (TPSA) is 61.8 Å². The molecule has 15 heavy (non-hydrogen) atoms. The average molecular weight is 214 g/mol. The summed E-state index contributed by atoms with van der Waals surface area (Å²) in [6, 6.07) is 0.203. The van der Waals surface area contributed by atoms with Gasteiger partial charge in [0.05, 0.1) is 11.6 Å².